The average molecular weight is 488 g/mol. The molecule has 0 aliphatic heterocycles. The maximum Gasteiger partial charge on any atom is 0.372 e. The summed E-state index contributed by atoms with van der Waals surface area (Å²) >= 11 is 0.980. The van der Waals surface area contributed by atoms with Gasteiger partial charge in [0.15, 0.2) is 0 Å². The molecule has 6 nitrogen and oxygen atoms in total. The van der Waals surface area contributed by atoms with E-state index in [-0.39, 0.29) is 18.3 Å². The molecule has 3 aromatic carbocycles. The number of aryl methyl sites for hydroxylation is 1. The van der Waals surface area contributed by atoms with Crippen LogP contribution in [0.25, 0.3) is 17.3 Å². The predicted molar refractivity (Wildman–Crippen MR) is 135 cm³/mol. The summed E-state index contributed by atoms with van der Waals surface area (Å²) in [7, 11) is 1.78. The number of carbonyl (C=O) groups is 2. The highest BCUT2D eigenvalue weighted by Gasteiger charge is 2.10. The van der Waals surface area contributed by atoms with Crippen LogP contribution in [0.15, 0.2) is 96.0 Å². The van der Waals surface area contributed by atoms with Gasteiger partial charge in [-0.2, -0.15) is 5.10 Å². The maximum absolute atomic E-state index is 13.3. The Labute approximate surface area is 206 Å². The number of amides is 1. The van der Waals surface area contributed by atoms with Gasteiger partial charge in [-0.05, 0) is 71.9 Å². The molecule has 4 aromatic rings. The average Bonchev–Trinajstić information content (AvgIpc) is 3.24. The van der Waals surface area contributed by atoms with E-state index in [1.807, 2.05) is 30.3 Å². The minimum Gasteiger partial charge on any atom is -0.452 e. The lowest BCUT2D eigenvalue weighted by Gasteiger charge is -2.06. The molecular weight excluding hydrogens is 465 g/mol. The van der Waals surface area contributed by atoms with Crippen molar-refractivity contribution in [1.29, 1.82) is 0 Å². The van der Waals surface area contributed by atoms with Crippen molar-refractivity contribution in [3.05, 3.63) is 108 Å². The molecule has 1 heterocycles. The second-order valence-corrected chi connectivity index (χ2v) is 8.56. The van der Waals surface area contributed by atoms with E-state index in [0.29, 0.717) is 10.6 Å². The first-order valence-electron chi connectivity index (χ1n) is 10.7. The fraction of sp³-hybridized carbons (Fsp3) is 0.0741. The number of rotatable bonds is 7. The summed E-state index contributed by atoms with van der Waals surface area (Å²) in [5, 5.41) is 6.62. The van der Waals surface area contributed by atoms with Crippen molar-refractivity contribution in [2.45, 2.75) is 11.5 Å². The fourth-order valence-electron chi connectivity index (χ4n) is 3.34. The van der Waals surface area contributed by atoms with Gasteiger partial charge in [0.2, 0.25) is 5.91 Å². The molecule has 35 heavy (non-hydrogen) atoms. The molecule has 4 rings (SSSR count). The highest BCUT2D eigenvalue weighted by Crippen LogP contribution is 2.25. The Hall–Kier alpha value is -4.17. The molecule has 8 heteroatoms. The molecule has 0 bridgehead atoms. The van der Waals surface area contributed by atoms with E-state index in [1.54, 1.807) is 60.4 Å². The van der Waals surface area contributed by atoms with E-state index >= 15 is 0 Å². The first kappa shape index (κ1) is 24.0. The molecule has 0 spiro atoms. The van der Waals surface area contributed by atoms with Crippen LogP contribution in [0.4, 0.5) is 14.9 Å². The maximum atomic E-state index is 13.3. The number of halogens is 1. The number of thioether (sulfide) groups is 1. The zero-order valence-corrected chi connectivity index (χ0v) is 19.7. The van der Waals surface area contributed by atoms with Crippen LogP contribution in [0.5, 0.6) is 0 Å². The van der Waals surface area contributed by atoms with Gasteiger partial charge < -0.3 is 10.1 Å². The van der Waals surface area contributed by atoms with Crippen LogP contribution in [0, 0.1) is 5.82 Å². The molecule has 0 fully saturated rings. The highest BCUT2D eigenvalue weighted by molar-refractivity contribution is 8.13. The van der Waals surface area contributed by atoms with Crippen molar-refractivity contribution < 1.29 is 18.7 Å². The SMILES string of the molecule is Cn1ncc(C=CC(=O)Nc2ccc(SC(=O)OCc3ccccc3)cc2)c1-c1ccc(F)cc1. The second-order valence-electron chi connectivity index (χ2n) is 7.55. The van der Waals surface area contributed by atoms with Crippen LogP contribution in [0.1, 0.15) is 11.1 Å². The third-order valence-electron chi connectivity index (χ3n) is 5.02. The van der Waals surface area contributed by atoms with Gasteiger partial charge in [-0.25, -0.2) is 9.18 Å². The van der Waals surface area contributed by atoms with Gasteiger partial charge in [0.05, 0.1) is 11.9 Å². The molecule has 1 amide bonds. The van der Waals surface area contributed by atoms with Gasteiger partial charge in [-0.1, -0.05) is 30.3 Å². The minimum atomic E-state index is -0.401. The summed E-state index contributed by atoms with van der Waals surface area (Å²) in [5.74, 6) is -0.637. The number of aromatic nitrogens is 2. The van der Waals surface area contributed by atoms with Crippen molar-refractivity contribution in [1.82, 2.24) is 9.78 Å². The van der Waals surface area contributed by atoms with Crippen LogP contribution in [-0.4, -0.2) is 21.0 Å². The number of benzene rings is 3. The highest BCUT2D eigenvalue weighted by atomic mass is 32.2. The lowest BCUT2D eigenvalue weighted by atomic mass is 10.1. The molecule has 1 N–H and O–H groups in total. The van der Waals surface area contributed by atoms with E-state index in [1.165, 1.54) is 18.2 Å². The summed E-state index contributed by atoms with van der Waals surface area (Å²) in [6.07, 6.45) is 4.72. The molecular formula is C27H22FN3O3S. The molecule has 0 atom stereocenters. The lowest BCUT2D eigenvalue weighted by molar-refractivity contribution is -0.111. The van der Waals surface area contributed by atoms with Gasteiger partial charge in [-0.3, -0.25) is 9.48 Å². The number of nitrogens with zero attached hydrogens (tertiary/aromatic N) is 2. The quantitative estimate of drug-likeness (QED) is 0.188. The van der Waals surface area contributed by atoms with Crippen molar-refractivity contribution in [3.8, 4) is 11.3 Å². The number of ether oxygens (including phenoxy) is 1. The number of hydrogen-bond acceptors (Lipinski definition) is 5. The zero-order chi connectivity index (χ0) is 24.6. The molecule has 0 saturated heterocycles. The Morgan fingerprint density at radius 2 is 1.74 bits per heavy atom. The topological polar surface area (TPSA) is 73.2 Å². The van der Waals surface area contributed by atoms with Crippen LogP contribution in [0.2, 0.25) is 0 Å². The van der Waals surface area contributed by atoms with Gasteiger partial charge in [0, 0.05) is 34.8 Å². The molecule has 176 valence electrons. The molecule has 0 saturated carbocycles. The number of carbonyl (C=O) groups excluding carboxylic acids is 2. The van der Waals surface area contributed by atoms with E-state index < -0.39 is 5.30 Å². The van der Waals surface area contributed by atoms with Crippen molar-refractivity contribution >= 4 is 34.7 Å². The molecule has 0 aliphatic carbocycles. The summed E-state index contributed by atoms with van der Waals surface area (Å²) < 4.78 is 20.2. The van der Waals surface area contributed by atoms with E-state index in [9.17, 15) is 14.0 Å². The summed E-state index contributed by atoms with van der Waals surface area (Å²) in [6.45, 7) is 0.215. The monoisotopic (exact) mass is 487 g/mol. The van der Waals surface area contributed by atoms with Crippen LogP contribution in [0.3, 0.4) is 0 Å². The Bertz CT molecular complexity index is 1330. The molecule has 1 aromatic heterocycles. The fourth-order valence-corrected chi connectivity index (χ4v) is 3.92. The largest absolute Gasteiger partial charge is 0.452 e. The molecule has 0 aliphatic rings. The lowest BCUT2D eigenvalue weighted by Crippen LogP contribution is -2.07. The summed E-state index contributed by atoms with van der Waals surface area (Å²) in [6, 6.07) is 22.5. The van der Waals surface area contributed by atoms with E-state index in [0.717, 1.165) is 34.1 Å². The van der Waals surface area contributed by atoms with Crippen LogP contribution >= 0.6 is 11.8 Å². The smallest absolute Gasteiger partial charge is 0.372 e. The number of nitrogens with one attached hydrogen (secondary N) is 1. The Morgan fingerprint density at radius 3 is 2.46 bits per heavy atom. The Kier molecular flexibility index (Phi) is 7.74. The number of hydrogen-bond donors (Lipinski definition) is 1. The molecule has 0 unspecified atom stereocenters. The number of anilines is 1. The van der Waals surface area contributed by atoms with Gasteiger partial charge in [0.1, 0.15) is 12.4 Å². The van der Waals surface area contributed by atoms with Crippen LogP contribution < -0.4 is 5.32 Å². The normalized spacial score (nSPS) is 10.9. The predicted octanol–water partition coefficient (Wildman–Crippen LogP) is 6.31. The standard InChI is InChI=1S/C27H22FN3O3S/c1-31-26(20-7-10-22(28)11-8-20)21(17-29-31)9-16-25(32)30-23-12-14-24(15-13-23)35-27(33)34-18-19-5-3-2-4-6-19/h2-17H,18H2,1H3,(H,30,32). The summed E-state index contributed by atoms with van der Waals surface area (Å²) in [4.78, 5) is 25.2. The van der Waals surface area contributed by atoms with Gasteiger partial charge in [0.25, 0.3) is 0 Å². The minimum absolute atomic E-state index is 0.215. The zero-order valence-electron chi connectivity index (χ0n) is 18.9. The van der Waals surface area contributed by atoms with Crippen LogP contribution in [-0.2, 0) is 23.2 Å². The Balaban J connectivity index is 1.32. The van der Waals surface area contributed by atoms with E-state index in [4.69, 9.17) is 4.74 Å². The second kappa shape index (κ2) is 11.3. The van der Waals surface area contributed by atoms with Gasteiger partial charge >= 0.3 is 5.30 Å². The first-order valence-corrected chi connectivity index (χ1v) is 11.6. The van der Waals surface area contributed by atoms with Gasteiger partial charge in [-0.15, -0.1) is 0 Å². The molecule has 0 radical (unpaired) electrons. The summed E-state index contributed by atoms with van der Waals surface area (Å²) in [5.41, 5.74) is 3.81. The van der Waals surface area contributed by atoms with Crippen molar-refractivity contribution in [3.63, 3.8) is 0 Å². The first-order chi connectivity index (χ1) is 17.0. The van der Waals surface area contributed by atoms with Crippen molar-refractivity contribution in [2.75, 3.05) is 5.32 Å². The van der Waals surface area contributed by atoms with E-state index in [2.05, 4.69) is 10.4 Å². The van der Waals surface area contributed by atoms with Crippen molar-refractivity contribution in [2.24, 2.45) is 7.05 Å². The third-order valence-corrected chi connectivity index (χ3v) is 5.81. The Morgan fingerprint density at radius 1 is 1.03 bits per heavy atom. The third kappa shape index (κ3) is 6.68.